The number of rotatable bonds is 3. The van der Waals surface area contributed by atoms with Crippen molar-refractivity contribution in [1.82, 2.24) is 0 Å². The van der Waals surface area contributed by atoms with Crippen LogP contribution in [0.1, 0.15) is 17.4 Å². The minimum atomic E-state index is -0.690. The average Bonchev–Trinajstić information content (AvgIpc) is 2.68. The van der Waals surface area contributed by atoms with E-state index in [0.29, 0.717) is 17.2 Å². The van der Waals surface area contributed by atoms with E-state index in [4.69, 9.17) is 16.0 Å². The third-order valence-corrected chi connectivity index (χ3v) is 3.34. The van der Waals surface area contributed by atoms with E-state index in [1.165, 1.54) is 6.26 Å². The molecule has 1 atom stereocenters. The lowest BCUT2D eigenvalue weighted by atomic mass is 10.1. The van der Waals surface area contributed by atoms with E-state index in [1.54, 1.807) is 12.1 Å². The van der Waals surface area contributed by atoms with Crippen molar-refractivity contribution in [3.05, 3.63) is 57.4 Å². The summed E-state index contributed by atoms with van der Waals surface area (Å²) in [6.07, 6.45) is 1.28. The molecule has 0 aliphatic rings. The van der Waals surface area contributed by atoms with Gasteiger partial charge in [0.2, 0.25) is 0 Å². The highest BCUT2D eigenvalue weighted by molar-refractivity contribution is 9.10. The molecule has 1 unspecified atom stereocenters. The van der Waals surface area contributed by atoms with Crippen LogP contribution in [0.25, 0.3) is 0 Å². The van der Waals surface area contributed by atoms with E-state index in [0.717, 1.165) is 10.0 Å². The summed E-state index contributed by atoms with van der Waals surface area (Å²) in [5, 5.41) is 10.6. The number of hydrogen-bond acceptors (Lipinski definition) is 2. The summed E-state index contributed by atoms with van der Waals surface area (Å²) in [5.74, 6) is 0.528. The summed E-state index contributed by atoms with van der Waals surface area (Å²) in [6.45, 7) is 0. The fourth-order valence-corrected chi connectivity index (χ4v) is 2.19. The largest absolute Gasteiger partial charge is 0.465 e. The fourth-order valence-electron chi connectivity index (χ4n) is 1.51. The minimum Gasteiger partial charge on any atom is -0.465 e. The molecule has 1 aromatic heterocycles. The molecule has 0 aliphatic heterocycles. The average molecular weight is 302 g/mol. The monoisotopic (exact) mass is 300 g/mol. The topological polar surface area (TPSA) is 33.4 Å². The Balaban J connectivity index is 2.17. The number of aliphatic hydroxyl groups is 1. The van der Waals surface area contributed by atoms with Gasteiger partial charge in [0, 0.05) is 11.4 Å². The Labute approximate surface area is 107 Å². The van der Waals surface area contributed by atoms with Crippen LogP contribution in [0.15, 0.2) is 45.5 Å². The summed E-state index contributed by atoms with van der Waals surface area (Å²) in [4.78, 5) is 0. The first-order valence-corrected chi connectivity index (χ1v) is 6.00. The first kappa shape index (κ1) is 11.7. The quantitative estimate of drug-likeness (QED) is 0.930. The molecule has 0 saturated heterocycles. The summed E-state index contributed by atoms with van der Waals surface area (Å²) >= 11 is 9.33. The Morgan fingerprint density at radius 1 is 1.31 bits per heavy atom. The molecule has 0 amide bonds. The predicted molar refractivity (Wildman–Crippen MR) is 66.5 cm³/mol. The fraction of sp³-hybridized carbons (Fsp3) is 0.167. The van der Waals surface area contributed by atoms with Gasteiger partial charge >= 0.3 is 0 Å². The SMILES string of the molecule is OC(Cc1ccccc1Cl)c1occc1Br. The van der Waals surface area contributed by atoms with Crippen LogP contribution < -0.4 is 0 Å². The normalized spacial score (nSPS) is 12.7. The van der Waals surface area contributed by atoms with E-state index in [9.17, 15) is 5.11 Å². The van der Waals surface area contributed by atoms with Gasteiger partial charge in [0.15, 0.2) is 0 Å². The standard InChI is InChI=1S/C12H10BrClO2/c13-9-5-6-16-12(9)11(15)7-8-3-1-2-4-10(8)14/h1-6,11,15H,7H2. The van der Waals surface area contributed by atoms with Gasteiger partial charge in [-0.1, -0.05) is 29.8 Å². The van der Waals surface area contributed by atoms with Crippen LogP contribution in [0.3, 0.4) is 0 Å². The van der Waals surface area contributed by atoms with E-state index in [2.05, 4.69) is 15.9 Å². The first-order valence-electron chi connectivity index (χ1n) is 4.83. The lowest BCUT2D eigenvalue weighted by molar-refractivity contribution is 0.149. The Morgan fingerprint density at radius 2 is 2.06 bits per heavy atom. The number of hydrogen-bond donors (Lipinski definition) is 1. The maximum Gasteiger partial charge on any atom is 0.146 e. The molecule has 0 fully saturated rings. The van der Waals surface area contributed by atoms with Crippen molar-refractivity contribution in [2.45, 2.75) is 12.5 Å². The van der Waals surface area contributed by atoms with Crippen LogP contribution in [0.5, 0.6) is 0 Å². The van der Waals surface area contributed by atoms with Crippen LogP contribution in [0, 0.1) is 0 Å². The molecule has 1 N–H and O–H groups in total. The molecule has 2 nitrogen and oxygen atoms in total. The molecule has 0 spiro atoms. The van der Waals surface area contributed by atoms with Crippen molar-refractivity contribution in [1.29, 1.82) is 0 Å². The second-order valence-corrected chi connectivity index (χ2v) is 4.71. The highest BCUT2D eigenvalue weighted by Crippen LogP contribution is 2.28. The molecule has 84 valence electrons. The molecular formula is C12H10BrClO2. The maximum atomic E-state index is 9.99. The van der Waals surface area contributed by atoms with Gasteiger partial charge in [-0.15, -0.1) is 0 Å². The zero-order chi connectivity index (χ0) is 11.5. The van der Waals surface area contributed by atoms with Gasteiger partial charge in [-0.05, 0) is 33.6 Å². The molecule has 1 heterocycles. The van der Waals surface area contributed by atoms with Crippen molar-refractivity contribution in [3.63, 3.8) is 0 Å². The second kappa shape index (κ2) is 5.04. The van der Waals surface area contributed by atoms with Crippen molar-refractivity contribution in [3.8, 4) is 0 Å². The third kappa shape index (κ3) is 2.48. The maximum absolute atomic E-state index is 9.99. The molecule has 16 heavy (non-hydrogen) atoms. The van der Waals surface area contributed by atoms with Gasteiger partial charge in [0.05, 0.1) is 10.7 Å². The molecule has 0 radical (unpaired) electrons. The summed E-state index contributed by atoms with van der Waals surface area (Å²) in [7, 11) is 0. The summed E-state index contributed by atoms with van der Waals surface area (Å²) in [6, 6.07) is 9.21. The highest BCUT2D eigenvalue weighted by Gasteiger charge is 2.16. The van der Waals surface area contributed by atoms with Gasteiger partial charge in [-0.25, -0.2) is 0 Å². The molecule has 0 aliphatic carbocycles. The molecule has 0 bridgehead atoms. The molecular weight excluding hydrogens is 291 g/mol. The molecule has 4 heteroatoms. The highest BCUT2D eigenvalue weighted by atomic mass is 79.9. The van der Waals surface area contributed by atoms with Gasteiger partial charge in [0.25, 0.3) is 0 Å². The number of aliphatic hydroxyl groups excluding tert-OH is 1. The Bertz CT molecular complexity index is 481. The minimum absolute atomic E-state index is 0.436. The van der Waals surface area contributed by atoms with Gasteiger partial charge < -0.3 is 9.52 Å². The Hall–Kier alpha value is -0.770. The van der Waals surface area contributed by atoms with Crippen molar-refractivity contribution in [2.75, 3.05) is 0 Å². The molecule has 2 aromatic rings. The Morgan fingerprint density at radius 3 is 2.69 bits per heavy atom. The van der Waals surface area contributed by atoms with Crippen LogP contribution in [-0.4, -0.2) is 5.11 Å². The zero-order valence-corrected chi connectivity index (χ0v) is 10.7. The summed E-state index contributed by atoms with van der Waals surface area (Å²) < 4.78 is 5.97. The molecule has 0 saturated carbocycles. The van der Waals surface area contributed by atoms with E-state index in [-0.39, 0.29) is 0 Å². The molecule has 1 aromatic carbocycles. The smallest absolute Gasteiger partial charge is 0.146 e. The lowest BCUT2D eigenvalue weighted by Gasteiger charge is -2.09. The number of benzene rings is 1. The lowest BCUT2D eigenvalue weighted by Crippen LogP contribution is -2.01. The Kier molecular flexibility index (Phi) is 3.69. The second-order valence-electron chi connectivity index (χ2n) is 3.44. The van der Waals surface area contributed by atoms with Crippen LogP contribution in [-0.2, 0) is 6.42 Å². The van der Waals surface area contributed by atoms with Gasteiger partial charge in [0.1, 0.15) is 11.9 Å². The number of halogens is 2. The zero-order valence-electron chi connectivity index (χ0n) is 8.36. The van der Waals surface area contributed by atoms with Crippen molar-refractivity contribution >= 4 is 27.5 Å². The van der Waals surface area contributed by atoms with Crippen LogP contribution in [0.4, 0.5) is 0 Å². The van der Waals surface area contributed by atoms with E-state index < -0.39 is 6.10 Å². The van der Waals surface area contributed by atoms with Crippen molar-refractivity contribution < 1.29 is 9.52 Å². The van der Waals surface area contributed by atoms with Crippen molar-refractivity contribution in [2.24, 2.45) is 0 Å². The third-order valence-electron chi connectivity index (χ3n) is 2.32. The number of furan rings is 1. The van der Waals surface area contributed by atoms with Crippen LogP contribution >= 0.6 is 27.5 Å². The van der Waals surface area contributed by atoms with Crippen LogP contribution in [0.2, 0.25) is 5.02 Å². The van der Waals surface area contributed by atoms with E-state index in [1.807, 2.05) is 18.2 Å². The predicted octanol–water partition coefficient (Wildman–Crippen LogP) is 3.97. The van der Waals surface area contributed by atoms with Gasteiger partial charge in [-0.3, -0.25) is 0 Å². The summed E-state index contributed by atoms with van der Waals surface area (Å²) in [5.41, 5.74) is 0.903. The van der Waals surface area contributed by atoms with Gasteiger partial charge in [-0.2, -0.15) is 0 Å². The van der Waals surface area contributed by atoms with E-state index >= 15 is 0 Å². The molecule has 2 rings (SSSR count). The first-order chi connectivity index (χ1) is 7.68.